The molecule has 0 amide bonds. The van der Waals surface area contributed by atoms with Crippen LogP contribution in [0, 0.1) is 0 Å². The molecule has 54 heavy (non-hydrogen) atoms. The lowest BCUT2D eigenvalue weighted by Crippen LogP contribution is -2.64. The first-order valence-electron chi connectivity index (χ1n) is 17.3. The molecule has 2 N–H and O–H groups in total. The third-order valence-corrected chi connectivity index (χ3v) is 8.53. The van der Waals surface area contributed by atoms with E-state index in [-0.39, 0.29) is 18.8 Å². The Kier molecular flexibility index (Phi) is 14.6. The Morgan fingerprint density at radius 1 is 0.556 bits per heavy atom. The summed E-state index contributed by atoms with van der Waals surface area (Å²) in [5, 5.41) is 21.5. The molecule has 0 aromatic heterocycles. The number of benzene rings is 3. The minimum Gasteiger partial charge on any atom is -0.456 e. The van der Waals surface area contributed by atoms with E-state index in [4.69, 9.17) is 42.6 Å². The first-order chi connectivity index (χ1) is 26.0. The van der Waals surface area contributed by atoms with Crippen LogP contribution in [0.4, 0.5) is 0 Å². The van der Waals surface area contributed by atoms with Gasteiger partial charge in [-0.1, -0.05) is 78.9 Å². The lowest BCUT2D eigenvalue weighted by molar-refractivity contribution is -0.335. The third-order valence-electron chi connectivity index (χ3n) is 8.53. The van der Waals surface area contributed by atoms with Gasteiger partial charge in [0.2, 0.25) is 0 Å². The van der Waals surface area contributed by atoms with E-state index in [9.17, 15) is 29.4 Å². The molecule has 0 aliphatic carbocycles. The van der Waals surface area contributed by atoms with E-state index >= 15 is 0 Å². The van der Waals surface area contributed by atoms with Crippen molar-refractivity contribution in [3.8, 4) is 0 Å². The van der Waals surface area contributed by atoms with Crippen molar-refractivity contribution in [2.24, 2.45) is 0 Å². The second kappa shape index (κ2) is 19.5. The number of aliphatic hydroxyl groups is 2. The Morgan fingerprint density at radius 3 is 1.59 bits per heavy atom. The molecule has 0 bridgehead atoms. The average molecular weight is 753 g/mol. The van der Waals surface area contributed by atoms with Crippen LogP contribution in [0.1, 0.15) is 42.3 Å². The average Bonchev–Trinajstić information content (AvgIpc) is 3.16. The van der Waals surface area contributed by atoms with Crippen molar-refractivity contribution in [2.75, 3.05) is 13.2 Å². The van der Waals surface area contributed by atoms with Gasteiger partial charge in [0.1, 0.15) is 24.4 Å². The zero-order chi connectivity index (χ0) is 38.6. The van der Waals surface area contributed by atoms with Crippen molar-refractivity contribution in [3.05, 3.63) is 108 Å². The van der Waals surface area contributed by atoms with Crippen molar-refractivity contribution >= 4 is 23.9 Å². The molecule has 0 unspecified atom stereocenters. The quantitative estimate of drug-likeness (QED) is 0.170. The Hall–Kier alpha value is -4.74. The van der Waals surface area contributed by atoms with Gasteiger partial charge in [0.25, 0.3) is 0 Å². The number of carbonyl (C=O) groups excluding carboxylic acids is 4. The van der Waals surface area contributed by atoms with Crippen LogP contribution in [0.15, 0.2) is 91.0 Å². The highest BCUT2D eigenvalue weighted by molar-refractivity contribution is 5.89. The highest BCUT2D eigenvalue weighted by Crippen LogP contribution is 2.33. The Labute approximate surface area is 311 Å². The summed E-state index contributed by atoms with van der Waals surface area (Å²) in [4.78, 5) is 49.9. The first kappa shape index (κ1) is 40.4. The normalized spacial score (nSPS) is 28.0. The largest absolute Gasteiger partial charge is 0.456 e. The molecule has 2 fully saturated rings. The molecule has 15 heteroatoms. The summed E-state index contributed by atoms with van der Waals surface area (Å²) in [6, 6.07) is 26.8. The molecule has 2 heterocycles. The zero-order valence-corrected chi connectivity index (χ0v) is 30.0. The van der Waals surface area contributed by atoms with Gasteiger partial charge in [-0.3, -0.25) is 14.4 Å². The van der Waals surface area contributed by atoms with Gasteiger partial charge in [0.05, 0.1) is 32.0 Å². The van der Waals surface area contributed by atoms with Gasteiger partial charge in [-0.2, -0.15) is 0 Å². The molecule has 3 aromatic carbocycles. The van der Waals surface area contributed by atoms with E-state index in [1.807, 2.05) is 60.7 Å². The predicted molar refractivity (Wildman–Crippen MR) is 185 cm³/mol. The number of hydrogen-bond donors (Lipinski definition) is 2. The predicted octanol–water partition coefficient (Wildman–Crippen LogP) is 2.63. The van der Waals surface area contributed by atoms with Crippen LogP contribution in [0.2, 0.25) is 0 Å². The molecule has 2 aliphatic heterocycles. The Balaban J connectivity index is 1.48. The van der Waals surface area contributed by atoms with Gasteiger partial charge in [-0.15, -0.1) is 0 Å². The maximum absolute atomic E-state index is 13.6. The maximum Gasteiger partial charge on any atom is 0.338 e. The minimum absolute atomic E-state index is 0.0506. The lowest BCUT2D eigenvalue weighted by Gasteiger charge is -2.46. The molecule has 10 atom stereocenters. The fourth-order valence-corrected chi connectivity index (χ4v) is 6.17. The molecule has 2 aliphatic rings. The maximum atomic E-state index is 13.6. The van der Waals surface area contributed by atoms with Gasteiger partial charge in [0, 0.05) is 20.8 Å². The number of esters is 4. The van der Waals surface area contributed by atoms with E-state index in [1.165, 1.54) is 0 Å². The molecule has 290 valence electrons. The molecule has 2 saturated heterocycles. The summed E-state index contributed by atoms with van der Waals surface area (Å²) < 4.78 is 53.1. The standard InChI is InChI=1S/C39H44O15/c1-23(41)49-32-30(52-38(45)35(51-25(3)43)34(32)50-24(2)42)22-48-39-36(54-37(44)28-17-11-6-12-18-28)33(47-21-27-15-9-5-10-16-27)31(29(19-40)53-39)46-20-26-13-7-4-8-14-26/h4-18,29-36,38-40,45H,19-22H2,1-3H3/t29-,30-,31-,32-,33+,34+,35-,36-,38+,39-/m1/s1. The molecule has 0 radical (unpaired) electrons. The molecule has 15 nitrogen and oxygen atoms in total. The van der Waals surface area contributed by atoms with Crippen LogP contribution in [-0.4, -0.2) is 109 Å². The summed E-state index contributed by atoms with van der Waals surface area (Å²) in [5.41, 5.74) is 1.84. The molecule has 0 spiro atoms. The summed E-state index contributed by atoms with van der Waals surface area (Å²) in [6.07, 6.45) is -13.7. The monoisotopic (exact) mass is 752 g/mol. The number of carbonyl (C=O) groups is 4. The number of rotatable bonds is 15. The van der Waals surface area contributed by atoms with Gasteiger partial charge in [-0.25, -0.2) is 4.79 Å². The Morgan fingerprint density at radius 2 is 1.06 bits per heavy atom. The van der Waals surface area contributed by atoms with Crippen LogP contribution in [0.5, 0.6) is 0 Å². The van der Waals surface area contributed by atoms with E-state index in [1.54, 1.807) is 30.3 Å². The second-order valence-corrected chi connectivity index (χ2v) is 12.6. The van der Waals surface area contributed by atoms with Crippen LogP contribution in [-0.2, 0) is 70.2 Å². The lowest BCUT2D eigenvalue weighted by atomic mass is 9.97. The van der Waals surface area contributed by atoms with E-state index in [0.717, 1.165) is 31.9 Å². The van der Waals surface area contributed by atoms with Gasteiger partial charge in [-0.05, 0) is 23.3 Å². The summed E-state index contributed by atoms with van der Waals surface area (Å²) >= 11 is 0. The highest BCUT2D eigenvalue weighted by Gasteiger charge is 2.54. The smallest absolute Gasteiger partial charge is 0.338 e. The van der Waals surface area contributed by atoms with E-state index in [0.29, 0.717) is 0 Å². The molecular weight excluding hydrogens is 708 g/mol. The molecular formula is C39H44O15. The first-order valence-corrected chi connectivity index (χ1v) is 17.3. The summed E-state index contributed by atoms with van der Waals surface area (Å²) in [5.74, 6) is -3.19. The van der Waals surface area contributed by atoms with E-state index < -0.39 is 98.5 Å². The van der Waals surface area contributed by atoms with Crippen molar-refractivity contribution in [1.29, 1.82) is 0 Å². The van der Waals surface area contributed by atoms with Gasteiger partial charge in [0.15, 0.2) is 37.0 Å². The second-order valence-electron chi connectivity index (χ2n) is 12.6. The molecule has 3 aromatic rings. The summed E-state index contributed by atoms with van der Waals surface area (Å²) in [7, 11) is 0. The fraction of sp³-hybridized carbons (Fsp3) is 0.436. The van der Waals surface area contributed by atoms with Crippen molar-refractivity contribution < 1.29 is 72.0 Å². The van der Waals surface area contributed by atoms with Crippen LogP contribution < -0.4 is 0 Å². The van der Waals surface area contributed by atoms with Gasteiger partial charge >= 0.3 is 23.9 Å². The van der Waals surface area contributed by atoms with Crippen molar-refractivity contribution in [2.45, 2.75) is 95.4 Å². The number of ether oxygens (including phenoxy) is 9. The van der Waals surface area contributed by atoms with Crippen LogP contribution >= 0.6 is 0 Å². The SMILES string of the molecule is CC(=O)O[C@@H]1[C@@H](OC(C)=O)[C@@H](O)O[C@H](CO[C@@H]2O[C@H](CO)[C@@H](OCc3ccccc3)[C@H](OCc3ccccc3)[C@H]2OC(=O)c2ccccc2)[C@H]1OC(C)=O. The number of hydrogen-bond acceptors (Lipinski definition) is 15. The van der Waals surface area contributed by atoms with Crippen LogP contribution in [0.25, 0.3) is 0 Å². The topological polar surface area (TPSA) is 192 Å². The Bertz CT molecular complexity index is 1660. The number of aliphatic hydroxyl groups excluding tert-OH is 2. The van der Waals surface area contributed by atoms with Crippen LogP contribution in [0.3, 0.4) is 0 Å². The summed E-state index contributed by atoms with van der Waals surface area (Å²) in [6.45, 7) is 2.34. The highest BCUT2D eigenvalue weighted by atomic mass is 16.7. The fourth-order valence-electron chi connectivity index (χ4n) is 6.17. The van der Waals surface area contributed by atoms with Crippen molar-refractivity contribution in [1.82, 2.24) is 0 Å². The van der Waals surface area contributed by atoms with Crippen molar-refractivity contribution in [3.63, 3.8) is 0 Å². The molecule has 0 saturated carbocycles. The minimum atomic E-state index is -1.85. The zero-order valence-electron chi connectivity index (χ0n) is 30.0. The van der Waals surface area contributed by atoms with Gasteiger partial charge < -0.3 is 52.8 Å². The molecule has 5 rings (SSSR count). The third kappa shape index (κ3) is 10.9. The van der Waals surface area contributed by atoms with E-state index in [2.05, 4.69) is 0 Å².